The van der Waals surface area contributed by atoms with Gasteiger partial charge in [0.25, 0.3) is 0 Å². The Hall–Kier alpha value is -3.75. The van der Waals surface area contributed by atoms with Gasteiger partial charge in [0.1, 0.15) is 5.82 Å². The topological polar surface area (TPSA) is 58.5 Å². The van der Waals surface area contributed by atoms with Crippen molar-refractivity contribution in [3.05, 3.63) is 101 Å². The predicted molar refractivity (Wildman–Crippen MR) is 155 cm³/mol. The Balaban J connectivity index is 1.43. The summed E-state index contributed by atoms with van der Waals surface area (Å²) in [5.41, 5.74) is 7.89. The summed E-state index contributed by atoms with van der Waals surface area (Å²) < 4.78 is 7.77. The highest BCUT2D eigenvalue weighted by atomic mass is 32.1. The monoisotopic (exact) mass is 524 g/mol. The van der Waals surface area contributed by atoms with E-state index in [9.17, 15) is 0 Å². The first-order chi connectivity index (χ1) is 18.5. The molecule has 0 aliphatic carbocycles. The molecule has 5 heterocycles. The van der Waals surface area contributed by atoms with Gasteiger partial charge in [-0.15, -0.1) is 0 Å². The van der Waals surface area contributed by atoms with Crippen LogP contribution in [0, 0.1) is 20.8 Å². The zero-order valence-corrected chi connectivity index (χ0v) is 22.8. The van der Waals surface area contributed by atoms with E-state index in [2.05, 4.69) is 87.9 Å². The van der Waals surface area contributed by atoms with Crippen molar-refractivity contribution >= 4 is 28.7 Å². The first-order valence-electron chi connectivity index (χ1n) is 13.1. The van der Waals surface area contributed by atoms with E-state index in [4.69, 9.17) is 21.9 Å². The number of hydrogen-bond donors (Lipinski definition) is 1. The van der Waals surface area contributed by atoms with Crippen molar-refractivity contribution in [3.63, 3.8) is 0 Å². The van der Waals surface area contributed by atoms with E-state index < -0.39 is 0 Å². The van der Waals surface area contributed by atoms with E-state index in [0.29, 0.717) is 5.11 Å². The van der Waals surface area contributed by atoms with Crippen molar-refractivity contribution in [2.24, 2.45) is 0 Å². The number of hydrogen-bond acceptors (Lipinski definition) is 5. The number of aromatic nitrogens is 3. The van der Waals surface area contributed by atoms with Gasteiger partial charge in [0.15, 0.2) is 5.11 Å². The molecule has 1 N–H and O–H groups in total. The minimum atomic E-state index is -0.0953. The summed E-state index contributed by atoms with van der Waals surface area (Å²) in [6.45, 7) is 9.75. The van der Waals surface area contributed by atoms with E-state index in [0.717, 1.165) is 54.9 Å². The number of morpholine rings is 1. The van der Waals surface area contributed by atoms with Crippen LogP contribution in [0.2, 0.25) is 0 Å². The summed E-state index contributed by atoms with van der Waals surface area (Å²) in [6, 6.07) is 21.0. The lowest BCUT2D eigenvalue weighted by Gasteiger charge is -2.31. The van der Waals surface area contributed by atoms with E-state index in [1.807, 2.05) is 30.6 Å². The smallest absolute Gasteiger partial charge is 0.174 e. The van der Waals surface area contributed by atoms with Gasteiger partial charge in [0.2, 0.25) is 0 Å². The molecule has 1 aromatic carbocycles. The maximum atomic E-state index is 5.97. The SMILES string of the molecule is Cc1ccnc(-n2c(C)cc([C@@H]3[C@@H](c4ccccn4)NC(=S)N3c3ccc(N4CCOCC4)cc3)c2C)c1. The van der Waals surface area contributed by atoms with Crippen LogP contribution in [0.3, 0.4) is 0 Å². The molecule has 38 heavy (non-hydrogen) atoms. The van der Waals surface area contributed by atoms with E-state index in [-0.39, 0.29) is 12.1 Å². The highest BCUT2D eigenvalue weighted by molar-refractivity contribution is 7.80. The molecule has 2 aliphatic heterocycles. The molecule has 8 heteroatoms. The van der Waals surface area contributed by atoms with E-state index >= 15 is 0 Å². The van der Waals surface area contributed by atoms with Crippen LogP contribution < -0.4 is 15.1 Å². The maximum Gasteiger partial charge on any atom is 0.174 e. The van der Waals surface area contributed by atoms with Gasteiger partial charge >= 0.3 is 0 Å². The van der Waals surface area contributed by atoms with Gasteiger partial charge in [-0.2, -0.15) is 0 Å². The highest BCUT2D eigenvalue weighted by Crippen LogP contribution is 2.44. The van der Waals surface area contributed by atoms with Crippen LogP contribution in [0.25, 0.3) is 5.82 Å². The fraction of sp³-hybridized carbons (Fsp3) is 0.300. The molecule has 0 spiro atoms. The van der Waals surface area contributed by atoms with Gasteiger partial charge in [0.05, 0.1) is 31.0 Å². The number of anilines is 2. The molecule has 3 aromatic heterocycles. The summed E-state index contributed by atoms with van der Waals surface area (Å²) in [6.07, 6.45) is 3.71. The summed E-state index contributed by atoms with van der Waals surface area (Å²) in [5, 5.41) is 4.29. The minimum Gasteiger partial charge on any atom is -0.378 e. The van der Waals surface area contributed by atoms with Crippen LogP contribution in [0.15, 0.2) is 73.1 Å². The first-order valence-corrected chi connectivity index (χ1v) is 13.5. The Kier molecular flexibility index (Phi) is 6.59. The second-order valence-corrected chi connectivity index (χ2v) is 10.4. The molecule has 2 saturated heterocycles. The second-order valence-electron chi connectivity index (χ2n) is 9.97. The van der Waals surface area contributed by atoms with Crippen LogP contribution in [0.4, 0.5) is 11.4 Å². The number of nitrogens with one attached hydrogen (secondary N) is 1. The molecular formula is C30H32N6OS. The van der Waals surface area contributed by atoms with Gasteiger partial charge in [0, 0.05) is 48.2 Å². The zero-order chi connectivity index (χ0) is 26.2. The van der Waals surface area contributed by atoms with Crippen molar-refractivity contribution in [2.45, 2.75) is 32.9 Å². The third kappa shape index (κ3) is 4.44. The largest absolute Gasteiger partial charge is 0.378 e. The zero-order valence-electron chi connectivity index (χ0n) is 22.0. The fourth-order valence-electron chi connectivity index (χ4n) is 5.68. The molecule has 4 aromatic rings. The summed E-state index contributed by atoms with van der Waals surface area (Å²) in [4.78, 5) is 14.0. The molecule has 0 unspecified atom stereocenters. The van der Waals surface area contributed by atoms with E-state index in [1.165, 1.54) is 16.8 Å². The molecule has 2 aliphatic rings. The van der Waals surface area contributed by atoms with Crippen molar-refractivity contribution in [3.8, 4) is 5.82 Å². The Morgan fingerprint density at radius 2 is 1.66 bits per heavy atom. The van der Waals surface area contributed by atoms with Crippen molar-refractivity contribution in [1.82, 2.24) is 19.9 Å². The molecule has 0 saturated carbocycles. The number of pyridine rings is 2. The lowest BCUT2D eigenvalue weighted by molar-refractivity contribution is 0.122. The average Bonchev–Trinajstić information content (AvgIpc) is 3.44. The number of aryl methyl sites for hydroxylation is 2. The maximum absolute atomic E-state index is 5.97. The summed E-state index contributed by atoms with van der Waals surface area (Å²) in [7, 11) is 0. The number of ether oxygens (including phenoxy) is 1. The van der Waals surface area contributed by atoms with Gasteiger partial charge in [-0.1, -0.05) is 6.07 Å². The van der Waals surface area contributed by atoms with E-state index in [1.54, 1.807) is 0 Å². The number of benzene rings is 1. The fourth-order valence-corrected chi connectivity index (χ4v) is 6.02. The number of rotatable bonds is 5. The average molecular weight is 525 g/mol. The third-order valence-corrected chi connectivity index (χ3v) is 7.84. The Morgan fingerprint density at radius 3 is 2.37 bits per heavy atom. The molecule has 7 nitrogen and oxygen atoms in total. The molecule has 0 bridgehead atoms. The third-order valence-electron chi connectivity index (χ3n) is 7.52. The van der Waals surface area contributed by atoms with Crippen molar-refractivity contribution in [1.29, 1.82) is 0 Å². The van der Waals surface area contributed by atoms with Gasteiger partial charge in [-0.05, 0) is 98.7 Å². The molecule has 2 atom stereocenters. The van der Waals surface area contributed by atoms with Gasteiger partial charge in [-0.3, -0.25) is 4.98 Å². The second kappa shape index (κ2) is 10.2. The van der Waals surface area contributed by atoms with Crippen LogP contribution >= 0.6 is 12.2 Å². The Morgan fingerprint density at radius 1 is 0.895 bits per heavy atom. The molecule has 2 fully saturated rings. The molecule has 0 radical (unpaired) electrons. The van der Waals surface area contributed by atoms with Crippen molar-refractivity contribution in [2.75, 3.05) is 36.1 Å². The highest BCUT2D eigenvalue weighted by Gasteiger charge is 2.42. The normalized spacial score (nSPS) is 19.6. The standard InChI is InChI=1S/C30H32N6OS/c1-20-11-13-32-27(18-20)35-21(2)19-25(22(35)3)29-28(26-6-4-5-12-31-26)33-30(38)36(29)24-9-7-23(8-10-24)34-14-16-37-17-15-34/h4-13,18-19,28-29H,14-17H2,1-3H3,(H,33,38)/t28-,29-/m1/s1. The summed E-state index contributed by atoms with van der Waals surface area (Å²) >= 11 is 5.97. The van der Waals surface area contributed by atoms with Crippen LogP contribution in [-0.4, -0.2) is 46.0 Å². The Bertz CT molecular complexity index is 1450. The number of nitrogens with zero attached hydrogens (tertiary/aromatic N) is 5. The lowest BCUT2D eigenvalue weighted by Crippen LogP contribution is -2.36. The Labute approximate surface area is 229 Å². The molecular weight excluding hydrogens is 492 g/mol. The lowest BCUT2D eigenvalue weighted by atomic mass is 9.96. The van der Waals surface area contributed by atoms with Gasteiger partial charge < -0.3 is 24.4 Å². The van der Waals surface area contributed by atoms with Gasteiger partial charge in [-0.25, -0.2) is 4.98 Å². The summed E-state index contributed by atoms with van der Waals surface area (Å²) in [5.74, 6) is 0.926. The quantitative estimate of drug-likeness (QED) is 0.360. The molecule has 6 rings (SSSR count). The number of thiocarbonyl (C=S) groups is 1. The van der Waals surface area contributed by atoms with Crippen LogP contribution in [-0.2, 0) is 4.74 Å². The molecule has 194 valence electrons. The van der Waals surface area contributed by atoms with Crippen LogP contribution in [0.5, 0.6) is 0 Å². The first kappa shape index (κ1) is 24.6. The van der Waals surface area contributed by atoms with Crippen molar-refractivity contribution < 1.29 is 4.74 Å². The molecule has 0 amide bonds. The minimum absolute atomic E-state index is 0.0728. The predicted octanol–water partition coefficient (Wildman–Crippen LogP) is 5.21. The van der Waals surface area contributed by atoms with Crippen LogP contribution in [0.1, 0.15) is 40.3 Å².